The van der Waals surface area contributed by atoms with E-state index in [4.69, 9.17) is 10.7 Å². The number of hydrogen-bond donors (Lipinski definition) is 1. The van der Waals surface area contributed by atoms with Gasteiger partial charge >= 0.3 is 0 Å². The third-order valence-electron chi connectivity index (χ3n) is 5.90. The number of hydrogen-bond acceptors (Lipinski definition) is 7. The molecular formula is C21H26N6S. The van der Waals surface area contributed by atoms with Crippen LogP contribution in [0.3, 0.4) is 0 Å². The van der Waals surface area contributed by atoms with Crippen LogP contribution in [0.1, 0.15) is 32.6 Å². The van der Waals surface area contributed by atoms with E-state index in [1.165, 1.54) is 17.5 Å². The van der Waals surface area contributed by atoms with Gasteiger partial charge in [0, 0.05) is 49.5 Å². The van der Waals surface area contributed by atoms with Gasteiger partial charge in [0.2, 0.25) is 0 Å². The molecule has 3 aromatic heterocycles. The molecule has 2 N–H and O–H groups in total. The Morgan fingerprint density at radius 2 is 1.89 bits per heavy atom. The van der Waals surface area contributed by atoms with Gasteiger partial charge in [-0.15, -0.1) is 11.3 Å². The Kier molecular flexibility index (Phi) is 4.64. The molecule has 28 heavy (non-hydrogen) atoms. The van der Waals surface area contributed by atoms with E-state index in [0.29, 0.717) is 12.1 Å². The molecule has 5 heterocycles. The number of piperidine rings is 1. The van der Waals surface area contributed by atoms with Crippen molar-refractivity contribution < 1.29 is 0 Å². The fourth-order valence-corrected chi connectivity index (χ4v) is 5.25. The molecule has 146 valence electrons. The van der Waals surface area contributed by atoms with Gasteiger partial charge in [0.15, 0.2) is 0 Å². The summed E-state index contributed by atoms with van der Waals surface area (Å²) in [6, 6.07) is 7.16. The van der Waals surface area contributed by atoms with Gasteiger partial charge in [-0.2, -0.15) is 0 Å². The molecule has 6 nitrogen and oxygen atoms in total. The van der Waals surface area contributed by atoms with Crippen LogP contribution in [-0.2, 0) is 0 Å². The quantitative estimate of drug-likeness (QED) is 0.731. The van der Waals surface area contributed by atoms with Crippen LogP contribution in [0.2, 0.25) is 0 Å². The van der Waals surface area contributed by atoms with Gasteiger partial charge < -0.3 is 15.5 Å². The molecule has 2 fully saturated rings. The average Bonchev–Trinajstić information content (AvgIpc) is 3.37. The van der Waals surface area contributed by atoms with Crippen LogP contribution in [0.25, 0.3) is 20.8 Å². The van der Waals surface area contributed by atoms with Crippen LogP contribution in [0.4, 0.5) is 11.6 Å². The van der Waals surface area contributed by atoms with E-state index in [1.54, 1.807) is 11.3 Å². The highest BCUT2D eigenvalue weighted by molar-refractivity contribution is 7.21. The van der Waals surface area contributed by atoms with Crippen LogP contribution in [0.15, 0.2) is 30.6 Å². The summed E-state index contributed by atoms with van der Waals surface area (Å²) in [5.74, 6) is 2.10. The van der Waals surface area contributed by atoms with E-state index >= 15 is 0 Å². The zero-order chi connectivity index (χ0) is 19.1. The molecule has 0 aromatic carbocycles. The van der Waals surface area contributed by atoms with Gasteiger partial charge in [-0.3, -0.25) is 0 Å². The maximum atomic E-state index is 6.11. The second-order valence-corrected chi connectivity index (χ2v) is 8.99. The normalized spacial score (nSPS) is 22.9. The molecular weight excluding hydrogens is 368 g/mol. The SMILES string of the molecule is CC1CC(N)CCN1c1cc2sc(-c3ccc(N4CCCC4)nc3)nc2cn1. The lowest BCUT2D eigenvalue weighted by atomic mass is 9.99. The highest BCUT2D eigenvalue weighted by atomic mass is 32.1. The van der Waals surface area contributed by atoms with E-state index in [9.17, 15) is 0 Å². The second-order valence-electron chi connectivity index (χ2n) is 7.96. The molecule has 0 amide bonds. The molecule has 2 atom stereocenters. The first-order valence-electron chi connectivity index (χ1n) is 10.2. The van der Waals surface area contributed by atoms with E-state index in [1.807, 2.05) is 12.4 Å². The zero-order valence-corrected chi connectivity index (χ0v) is 17.0. The highest BCUT2D eigenvalue weighted by Gasteiger charge is 2.24. The summed E-state index contributed by atoms with van der Waals surface area (Å²) in [5.41, 5.74) is 8.13. The summed E-state index contributed by atoms with van der Waals surface area (Å²) in [7, 11) is 0. The first kappa shape index (κ1) is 17.8. The van der Waals surface area contributed by atoms with Crippen LogP contribution in [-0.4, -0.2) is 46.7 Å². The molecule has 0 saturated carbocycles. The minimum absolute atomic E-state index is 0.306. The van der Waals surface area contributed by atoms with Crippen molar-refractivity contribution in [1.29, 1.82) is 0 Å². The largest absolute Gasteiger partial charge is 0.357 e. The van der Waals surface area contributed by atoms with E-state index in [0.717, 1.165) is 60.2 Å². The topological polar surface area (TPSA) is 71.2 Å². The summed E-state index contributed by atoms with van der Waals surface area (Å²) in [6.45, 7) is 5.43. The summed E-state index contributed by atoms with van der Waals surface area (Å²) in [4.78, 5) is 18.9. The van der Waals surface area contributed by atoms with Crippen LogP contribution < -0.4 is 15.5 Å². The fourth-order valence-electron chi connectivity index (χ4n) is 4.30. The molecule has 2 aliphatic rings. The zero-order valence-electron chi connectivity index (χ0n) is 16.2. The number of rotatable bonds is 3. The Labute approximate surface area is 169 Å². The first-order chi connectivity index (χ1) is 13.7. The van der Waals surface area contributed by atoms with Crippen molar-refractivity contribution in [2.24, 2.45) is 5.73 Å². The van der Waals surface area contributed by atoms with Crippen LogP contribution in [0, 0.1) is 0 Å². The molecule has 7 heteroatoms. The molecule has 2 unspecified atom stereocenters. The van der Waals surface area contributed by atoms with Crippen molar-refractivity contribution in [1.82, 2.24) is 15.0 Å². The maximum absolute atomic E-state index is 6.11. The summed E-state index contributed by atoms with van der Waals surface area (Å²) >= 11 is 1.71. The second kappa shape index (κ2) is 7.29. The predicted molar refractivity (Wildman–Crippen MR) is 116 cm³/mol. The smallest absolute Gasteiger partial charge is 0.130 e. The summed E-state index contributed by atoms with van der Waals surface area (Å²) in [6.07, 6.45) is 8.41. The van der Waals surface area contributed by atoms with Gasteiger partial charge in [0.25, 0.3) is 0 Å². The van der Waals surface area contributed by atoms with Crippen molar-refractivity contribution in [2.75, 3.05) is 29.4 Å². The number of nitrogens with two attached hydrogens (primary N) is 1. The van der Waals surface area contributed by atoms with Crippen molar-refractivity contribution in [3.63, 3.8) is 0 Å². The molecule has 2 saturated heterocycles. The Bertz CT molecular complexity index is 963. The van der Waals surface area contributed by atoms with Crippen LogP contribution >= 0.6 is 11.3 Å². The number of pyridine rings is 2. The number of aromatic nitrogens is 3. The minimum atomic E-state index is 0.306. The van der Waals surface area contributed by atoms with E-state index in [2.05, 4.69) is 44.9 Å². The Morgan fingerprint density at radius 1 is 1.07 bits per heavy atom. The van der Waals surface area contributed by atoms with Crippen LogP contribution in [0.5, 0.6) is 0 Å². The summed E-state index contributed by atoms with van der Waals surface area (Å²) in [5, 5.41) is 1.00. The number of thiazole rings is 1. The number of nitrogens with zero attached hydrogens (tertiary/aromatic N) is 5. The molecule has 5 rings (SSSR count). The Balaban J connectivity index is 1.40. The molecule has 0 spiro atoms. The lowest BCUT2D eigenvalue weighted by molar-refractivity contribution is 0.427. The molecule has 0 radical (unpaired) electrons. The van der Waals surface area contributed by atoms with Gasteiger partial charge in [-0.1, -0.05) is 0 Å². The van der Waals surface area contributed by atoms with Crippen molar-refractivity contribution in [3.8, 4) is 10.6 Å². The Morgan fingerprint density at radius 3 is 2.64 bits per heavy atom. The van der Waals surface area contributed by atoms with E-state index < -0.39 is 0 Å². The standard InChI is InChI=1S/C21H26N6S/c1-14-10-16(22)6-9-27(14)20-11-18-17(13-24-20)25-21(28-18)15-4-5-19(23-12-15)26-7-2-3-8-26/h4-5,11-14,16H,2-3,6-10,22H2,1H3. The first-order valence-corrected chi connectivity index (χ1v) is 11.0. The highest BCUT2D eigenvalue weighted by Crippen LogP contribution is 2.33. The monoisotopic (exact) mass is 394 g/mol. The lowest BCUT2D eigenvalue weighted by Crippen LogP contribution is -2.45. The van der Waals surface area contributed by atoms with Crippen molar-refractivity contribution in [3.05, 3.63) is 30.6 Å². The van der Waals surface area contributed by atoms with Gasteiger partial charge in [0.1, 0.15) is 22.2 Å². The van der Waals surface area contributed by atoms with Gasteiger partial charge in [-0.25, -0.2) is 15.0 Å². The van der Waals surface area contributed by atoms with Gasteiger partial charge in [0.05, 0.1) is 10.9 Å². The lowest BCUT2D eigenvalue weighted by Gasteiger charge is -2.37. The van der Waals surface area contributed by atoms with Crippen molar-refractivity contribution >= 4 is 33.2 Å². The third kappa shape index (κ3) is 3.33. The fraction of sp³-hybridized carbons (Fsp3) is 0.476. The minimum Gasteiger partial charge on any atom is -0.357 e. The molecule has 3 aromatic rings. The summed E-state index contributed by atoms with van der Waals surface area (Å²) < 4.78 is 1.17. The number of fused-ring (bicyclic) bond motifs is 1. The molecule has 2 aliphatic heterocycles. The van der Waals surface area contributed by atoms with Crippen molar-refractivity contribution in [2.45, 2.75) is 44.7 Å². The van der Waals surface area contributed by atoms with E-state index in [-0.39, 0.29) is 0 Å². The predicted octanol–water partition coefficient (Wildman–Crippen LogP) is 3.67. The van der Waals surface area contributed by atoms with Gasteiger partial charge in [-0.05, 0) is 44.7 Å². The maximum Gasteiger partial charge on any atom is 0.130 e. The molecule has 0 bridgehead atoms. The average molecular weight is 395 g/mol. The molecule has 0 aliphatic carbocycles. The third-order valence-corrected chi connectivity index (χ3v) is 6.96. The number of anilines is 2. The Hall–Kier alpha value is -2.25.